The van der Waals surface area contributed by atoms with Crippen LogP contribution in [0.4, 0.5) is 31.7 Å². The molecule has 5 rings (SSSR count). The van der Waals surface area contributed by atoms with Crippen LogP contribution in [0.2, 0.25) is 0 Å². The van der Waals surface area contributed by atoms with E-state index in [2.05, 4.69) is 35.6 Å². The van der Waals surface area contributed by atoms with Gasteiger partial charge in [0.1, 0.15) is 34.9 Å². The van der Waals surface area contributed by atoms with E-state index in [9.17, 15) is 9.18 Å². The number of anilines is 4. The number of carbonyl (C=O) groups is 1. The van der Waals surface area contributed by atoms with Crippen molar-refractivity contribution in [1.82, 2.24) is 24.9 Å². The molecule has 3 aromatic heterocycles. The van der Waals surface area contributed by atoms with E-state index in [1.165, 1.54) is 24.9 Å². The zero-order chi connectivity index (χ0) is 25.2. The maximum atomic E-state index is 15.4. The lowest BCUT2D eigenvalue weighted by molar-refractivity contribution is 0.102. The Kier molecular flexibility index (Phi) is 5.95. The lowest BCUT2D eigenvalue weighted by Gasteiger charge is -2.15. The van der Waals surface area contributed by atoms with E-state index in [4.69, 9.17) is 0 Å². The zero-order valence-electron chi connectivity index (χ0n) is 19.3. The average Bonchev–Trinajstić information content (AvgIpc) is 3.38. The van der Waals surface area contributed by atoms with Crippen molar-refractivity contribution in [2.75, 3.05) is 29.6 Å². The quantitative estimate of drug-likeness (QED) is 0.317. The SMILES string of the molecule is CN(C)c1cccc(C(=O)Nc2ccc(F)c(Nc3ncccc3-c3ncnc4[nH]cnc34)c2F)c1. The van der Waals surface area contributed by atoms with Gasteiger partial charge < -0.3 is 20.5 Å². The highest BCUT2D eigenvalue weighted by atomic mass is 19.1. The average molecular weight is 486 g/mol. The number of fused-ring (bicyclic) bond motifs is 1. The molecule has 9 nitrogen and oxygen atoms in total. The second kappa shape index (κ2) is 9.37. The maximum absolute atomic E-state index is 15.4. The molecule has 0 aliphatic heterocycles. The Labute approximate surface area is 204 Å². The van der Waals surface area contributed by atoms with Crippen molar-refractivity contribution < 1.29 is 13.6 Å². The molecule has 0 saturated carbocycles. The third kappa shape index (κ3) is 4.29. The van der Waals surface area contributed by atoms with Crippen molar-refractivity contribution in [2.45, 2.75) is 0 Å². The number of pyridine rings is 1. The number of H-pyrrole nitrogens is 1. The van der Waals surface area contributed by atoms with Crippen LogP contribution in [0.1, 0.15) is 10.4 Å². The minimum absolute atomic E-state index is 0.153. The minimum Gasteiger partial charge on any atom is -0.378 e. The summed E-state index contributed by atoms with van der Waals surface area (Å²) in [6.45, 7) is 0. The van der Waals surface area contributed by atoms with Crippen LogP contribution in [0.3, 0.4) is 0 Å². The highest BCUT2D eigenvalue weighted by Gasteiger charge is 2.20. The highest BCUT2D eigenvalue weighted by Crippen LogP contribution is 2.34. The molecule has 11 heteroatoms. The van der Waals surface area contributed by atoms with E-state index in [1.807, 2.05) is 25.1 Å². The smallest absolute Gasteiger partial charge is 0.255 e. The number of aromatic amines is 1. The third-order valence-corrected chi connectivity index (χ3v) is 5.49. The van der Waals surface area contributed by atoms with E-state index in [-0.39, 0.29) is 11.5 Å². The number of amides is 1. The van der Waals surface area contributed by atoms with E-state index in [0.717, 1.165) is 11.8 Å². The lowest BCUT2D eigenvalue weighted by atomic mass is 10.1. The van der Waals surface area contributed by atoms with Gasteiger partial charge in [-0.1, -0.05) is 6.07 Å². The van der Waals surface area contributed by atoms with Gasteiger partial charge in [0.2, 0.25) is 0 Å². The Morgan fingerprint density at radius 2 is 1.86 bits per heavy atom. The fourth-order valence-corrected chi connectivity index (χ4v) is 3.66. The van der Waals surface area contributed by atoms with Gasteiger partial charge in [-0.25, -0.2) is 28.7 Å². The molecule has 0 unspecified atom stereocenters. The van der Waals surface area contributed by atoms with Gasteiger partial charge >= 0.3 is 0 Å². The second-order valence-electron chi connectivity index (χ2n) is 8.03. The van der Waals surface area contributed by atoms with E-state index < -0.39 is 23.2 Å². The van der Waals surface area contributed by atoms with Gasteiger partial charge in [0, 0.05) is 37.1 Å². The van der Waals surface area contributed by atoms with Gasteiger partial charge in [-0.05, 0) is 42.5 Å². The summed E-state index contributed by atoms with van der Waals surface area (Å²) in [6, 6.07) is 12.5. The van der Waals surface area contributed by atoms with Crippen molar-refractivity contribution >= 4 is 40.0 Å². The number of nitrogens with zero attached hydrogens (tertiary/aromatic N) is 5. The van der Waals surface area contributed by atoms with Gasteiger partial charge in [0.15, 0.2) is 11.5 Å². The van der Waals surface area contributed by atoms with E-state index >= 15 is 4.39 Å². The molecule has 1 amide bonds. The first-order chi connectivity index (χ1) is 17.4. The van der Waals surface area contributed by atoms with Crippen LogP contribution in [0, 0.1) is 11.6 Å². The van der Waals surface area contributed by atoms with Crippen molar-refractivity contribution in [3.63, 3.8) is 0 Å². The second-order valence-corrected chi connectivity index (χ2v) is 8.03. The molecular formula is C25H20F2N8O. The Morgan fingerprint density at radius 1 is 1.00 bits per heavy atom. The largest absolute Gasteiger partial charge is 0.378 e. The lowest BCUT2D eigenvalue weighted by Crippen LogP contribution is -2.15. The highest BCUT2D eigenvalue weighted by molar-refractivity contribution is 6.05. The summed E-state index contributed by atoms with van der Waals surface area (Å²) in [6.07, 6.45) is 4.31. The van der Waals surface area contributed by atoms with Gasteiger partial charge in [-0.3, -0.25) is 4.79 Å². The predicted octanol–water partition coefficient (Wildman–Crippen LogP) is 4.76. The summed E-state index contributed by atoms with van der Waals surface area (Å²) in [4.78, 5) is 34.4. The van der Waals surface area contributed by atoms with Crippen LogP contribution in [0.25, 0.3) is 22.4 Å². The number of halogens is 2. The Bertz CT molecular complexity index is 1580. The number of carbonyl (C=O) groups excluding carboxylic acids is 1. The molecule has 0 aliphatic rings. The standard InChI is InChI=1S/C25H20F2N8O/c1-35(2)15-6-3-5-14(11-15)25(36)33-18-9-8-17(26)21(19(18)27)34-23-16(7-4-10-28-23)20-22-24(31-12-29-20)32-13-30-22/h3-13H,1-2H3,(H,28,34)(H,33,36)(H,29,30,31,32). The van der Waals surface area contributed by atoms with Crippen molar-refractivity contribution in [2.24, 2.45) is 0 Å². The number of hydrogen-bond donors (Lipinski definition) is 3. The van der Waals surface area contributed by atoms with Gasteiger partial charge in [0.05, 0.1) is 12.0 Å². The molecule has 180 valence electrons. The van der Waals surface area contributed by atoms with Crippen molar-refractivity contribution in [3.05, 3.63) is 84.6 Å². The molecule has 3 N–H and O–H groups in total. The van der Waals surface area contributed by atoms with E-state index in [1.54, 1.807) is 30.3 Å². The molecule has 0 saturated heterocycles. The normalized spacial score (nSPS) is 10.9. The number of nitrogens with one attached hydrogen (secondary N) is 3. The Hall–Kier alpha value is -4.93. The van der Waals surface area contributed by atoms with Crippen molar-refractivity contribution in [1.29, 1.82) is 0 Å². The first-order valence-electron chi connectivity index (χ1n) is 10.9. The molecule has 0 spiro atoms. The maximum Gasteiger partial charge on any atom is 0.255 e. The zero-order valence-corrected chi connectivity index (χ0v) is 19.3. The summed E-state index contributed by atoms with van der Waals surface area (Å²) in [5, 5.41) is 5.24. The fraction of sp³-hybridized carbons (Fsp3) is 0.0800. The molecule has 0 atom stereocenters. The summed E-state index contributed by atoms with van der Waals surface area (Å²) < 4.78 is 30.2. The van der Waals surface area contributed by atoms with Crippen LogP contribution in [0.15, 0.2) is 67.4 Å². The van der Waals surface area contributed by atoms with Crippen molar-refractivity contribution in [3.8, 4) is 11.3 Å². The molecule has 0 fully saturated rings. The van der Waals surface area contributed by atoms with Gasteiger partial charge in [-0.2, -0.15) is 0 Å². The number of aromatic nitrogens is 5. The number of rotatable bonds is 6. The molecule has 0 radical (unpaired) electrons. The van der Waals surface area contributed by atoms with Crippen LogP contribution >= 0.6 is 0 Å². The van der Waals surface area contributed by atoms with Gasteiger partial charge in [0.25, 0.3) is 5.91 Å². The first-order valence-corrected chi connectivity index (χ1v) is 10.9. The minimum atomic E-state index is -0.976. The summed E-state index contributed by atoms with van der Waals surface area (Å²) >= 11 is 0. The number of hydrogen-bond acceptors (Lipinski definition) is 7. The van der Waals surface area contributed by atoms with Crippen LogP contribution in [-0.4, -0.2) is 44.9 Å². The molecule has 0 bridgehead atoms. The summed E-state index contributed by atoms with van der Waals surface area (Å²) in [7, 11) is 3.69. The number of imidazole rings is 1. The molecule has 3 heterocycles. The first kappa shape index (κ1) is 22.8. The molecule has 0 aliphatic carbocycles. The molecule has 2 aromatic carbocycles. The fourth-order valence-electron chi connectivity index (χ4n) is 3.66. The van der Waals surface area contributed by atoms with Crippen LogP contribution in [0.5, 0.6) is 0 Å². The number of benzene rings is 2. The summed E-state index contributed by atoms with van der Waals surface area (Å²) in [5.41, 5.74) is 2.37. The molecule has 5 aromatic rings. The van der Waals surface area contributed by atoms with Crippen LogP contribution in [-0.2, 0) is 0 Å². The predicted molar refractivity (Wildman–Crippen MR) is 133 cm³/mol. The molecular weight excluding hydrogens is 466 g/mol. The molecule has 36 heavy (non-hydrogen) atoms. The van der Waals surface area contributed by atoms with Crippen LogP contribution < -0.4 is 15.5 Å². The Balaban J connectivity index is 1.48. The van der Waals surface area contributed by atoms with Gasteiger partial charge in [-0.15, -0.1) is 0 Å². The third-order valence-electron chi connectivity index (χ3n) is 5.49. The topological polar surface area (TPSA) is 112 Å². The monoisotopic (exact) mass is 486 g/mol. The van der Waals surface area contributed by atoms with E-state index in [0.29, 0.717) is 28.0 Å². The Morgan fingerprint density at radius 3 is 2.69 bits per heavy atom. The summed E-state index contributed by atoms with van der Waals surface area (Å²) in [5.74, 6) is -2.21.